The second kappa shape index (κ2) is 6.48. The van der Waals surface area contributed by atoms with Gasteiger partial charge < -0.3 is 9.30 Å². The zero-order valence-electron chi connectivity index (χ0n) is 15.1. The van der Waals surface area contributed by atoms with Gasteiger partial charge in [-0.3, -0.25) is 0 Å². The van der Waals surface area contributed by atoms with E-state index in [-0.39, 0.29) is 5.41 Å². The number of nitrogens with zero attached hydrogens (tertiary/aromatic N) is 2. The van der Waals surface area contributed by atoms with Crippen molar-refractivity contribution in [2.45, 2.75) is 38.1 Å². The summed E-state index contributed by atoms with van der Waals surface area (Å²) < 4.78 is 8.94. The SMILES string of the molecule is COc1ccc2c(c1)c(C1(CC#N)CC1)c(C)n2Cc1ccc(Br)cc1. The molecule has 3 aromatic rings. The van der Waals surface area contributed by atoms with Crippen molar-refractivity contribution >= 4 is 26.8 Å². The lowest BCUT2D eigenvalue weighted by atomic mass is 9.90. The molecule has 4 rings (SSSR count). The van der Waals surface area contributed by atoms with Crippen molar-refractivity contribution in [2.24, 2.45) is 0 Å². The largest absolute Gasteiger partial charge is 0.497 e. The molecular formula is C22H21BrN2O. The van der Waals surface area contributed by atoms with Gasteiger partial charge in [-0.25, -0.2) is 0 Å². The summed E-state index contributed by atoms with van der Waals surface area (Å²) >= 11 is 3.51. The van der Waals surface area contributed by atoms with Gasteiger partial charge in [-0.05, 0) is 61.2 Å². The van der Waals surface area contributed by atoms with Crippen LogP contribution in [0.5, 0.6) is 5.75 Å². The fraction of sp³-hybridized carbons (Fsp3) is 0.318. The molecular weight excluding hydrogens is 388 g/mol. The van der Waals surface area contributed by atoms with Crippen LogP contribution in [0.3, 0.4) is 0 Å². The van der Waals surface area contributed by atoms with Crippen molar-refractivity contribution < 1.29 is 4.74 Å². The number of hydrogen-bond acceptors (Lipinski definition) is 2. The summed E-state index contributed by atoms with van der Waals surface area (Å²) in [5, 5.41) is 10.6. The van der Waals surface area contributed by atoms with Crippen LogP contribution in [0.4, 0.5) is 0 Å². The highest BCUT2D eigenvalue weighted by Gasteiger charge is 2.47. The Morgan fingerprint density at radius 3 is 2.54 bits per heavy atom. The molecule has 26 heavy (non-hydrogen) atoms. The molecule has 1 aliphatic carbocycles. The molecule has 0 saturated heterocycles. The third kappa shape index (κ3) is 2.81. The Morgan fingerprint density at radius 2 is 1.92 bits per heavy atom. The van der Waals surface area contributed by atoms with Crippen molar-refractivity contribution in [3.05, 3.63) is 63.8 Å². The first-order chi connectivity index (χ1) is 12.6. The molecule has 1 aliphatic rings. The average Bonchev–Trinajstić information content (AvgIpc) is 3.36. The summed E-state index contributed by atoms with van der Waals surface area (Å²) in [5.41, 5.74) is 5.11. The van der Waals surface area contributed by atoms with Gasteiger partial charge in [0.2, 0.25) is 0 Å². The van der Waals surface area contributed by atoms with Crippen LogP contribution in [0.1, 0.15) is 36.1 Å². The minimum absolute atomic E-state index is 0.0222. The van der Waals surface area contributed by atoms with Crippen molar-refractivity contribution in [2.75, 3.05) is 7.11 Å². The molecule has 0 aliphatic heterocycles. The van der Waals surface area contributed by atoms with E-state index in [9.17, 15) is 5.26 Å². The first-order valence-electron chi connectivity index (χ1n) is 8.87. The van der Waals surface area contributed by atoms with Gasteiger partial charge >= 0.3 is 0 Å². The Morgan fingerprint density at radius 1 is 1.19 bits per heavy atom. The maximum atomic E-state index is 9.35. The highest BCUT2D eigenvalue weighted by molar-refractivity contribution is 9.10. The molecule has 0 atom stereocenters. The predicted molar refractivity (Wildman–Crippen MR) is 108 cm³/mol. The molecule has 4 heteroatoms. The molecule has 0 unspecified atom stereocenters. The first kappa shape index (κ1) is 17.2. The minimum atomic E-state index is 0.0222. The van der Waals surface area contributed by atoms with Crippen LogP contribution >= 0.6 is 15.9 Å². The Kier molecular flexibility index (Phi) is 4.28. The number of aromatic nitrogens is 1. The normalized spacial score (nSPS) is 15.0. The molecule has 0 radical (unpaired) electrons. The van der Waals surface area contributed by atoms with E-state index in [1.54, 1.807) is 7.11 Å². The molecule has 1 fully saturated rings. The number of ether oxygens (including phenoxy) is 1. The molecule has 2 aromatic carbocycles. The number of rotatable bonds is 5. The van der Waals surface area contributed by atoms with Crippen molar-refractivity contribution in [1.29, 1.82) is 5.26 Å². The van der Waals surface area contributed by atoms with Crippen LogP contribution in [0.25, 0.3) is 10.9 Å². The Hall–Kier alpha value is -2.25. The summed E-state index contributed by atoms with van der Waals surface area (Å²) in [4.78, 5) is 0. The molecule has 3 nitrogen and oxygen atoms in total. The number of fused-ring (bicyclic) bond motifs is 1. The summed E-state index contributed by atoms with van der Waals surface area (Å²) in [6.07, 6.45) is 2.77. The molecule has 0 bridgehead atoms. The maximum absolute atomic E-state index is 9.35. The van der Waals surface area contributed by atoms with E-state index < -0.39 is 0 Å². The zero-order chi connectivity index (χ0) is 18.3. The van der Waals surface area contributed by atoms with Crippen molar-refractivity contribution in [3.63, 3.8) is 0 Å². The van der Waals surface area contributed by atoms with Crippen LogP contribution in [-0.2, 0) is 12.0 Å². The smallest absolute Gasteiger partial charge is 0.119 e. The van der Waals surface area contributed by atoms with Crippen molar-refractivity contribution in [3.8, 4) is 11.8 Å². The van der Waals surface area contributed by atoms with Gasteiger partial charge in [-0.15, -0.1) is 0 Å². The number of nitriles is 1. The van der Waals surface area contributed by atoms with E-state index in [1.807, 2.05) is 6.07 Å². The fourth-order valence-corrected chi connectivity index (χ4v) is 4.32. The van der Waals surface area contributed by atoms with E-state index in [0.29, 0.717) is 6.42 Å². The van der Waals surface area contributed by atoms with E-state index in [0.717, 1.165) is 29.6 Å². The van der Waals surface area contributed by atoms with Crippen LogP contribution in [-0.4, -0.2) is 11.7 Å². The van der Waals surface area contributed by atoms with Crippen LogP contribution in [0.2, 0.25) is 0 Å². The monoisotopic (exact) mass is 408 g/mol. The van der Waals surface area contributed by atoms with Crippen LogP contribution in [0, 0.1) is 18.3 Å². The summed E-state index contributed by atoms with van der Waals surface area (Å²) in [5.74, 6) is 0.868. The lowest BCUT2D eigenvalue weighted by molar-refractivity contribution is 0.415. The maximum Gasteiger partial charge on any atom is 0.119 e. The van der Waals surface area contributed by atoms with Crippen LogP contribution in [0.15, 0.2) is 46.9 Å². The molecule has 1 aromatic heterocycles. The van der Waals surface area contributed by atoms with E-state index >= 15 is 0 Å². The molecule has 1 heterocycles. The number of halogens is 1. The third-order valence-corrected chi connectivity index (χ3v) is 6.11. The van der Waals surface area contributed by atoms with Gasteiger partial charge in [0.15, 0.2) is 0 Å². The number of benzene rings is 2. The van der Waals surface area contributed by atoms with E-state index in [1.165, 1.54) is 27.7 Å². The number of methoxy groups -OCH3 is 1. The predicted octanol–water partition coefficient (Wildman–Crippen LogP) is 5.71. The standard InChI is InChI=1S/C22H21BrN2O/c1-15-21(22(9-10-22)11-12-24)19-13-18(26-2)7-8-20(19)25(15)14-16-3-5-17(23)6-4-16/h3-8,13H,9-11,14H2,1-2H3. The average molecular weight is 409 g/mol. The van der Waals surface area contributed by atoms with Crippen LogP contribution < -0.4 is 4.74 Å². The fourth-order valence-electron chi connectivity index (χ4n) is 4.05. The quantitative estimate of drug-likeness (QED) is 0.541. The second-order valence-corrected chi connectivity index (χ2v) is 8.09. The minimum Gasteiger partial charge on any atom is -0.497 e. The highest BCUT2D eigenvalue weighted by atomic mass is 79.9. The first-order valence-corrected chi connectivity index (χ1v) is 9.66. The highest BCUT2D eigenvalue weighted by Crippen LogP contribution is 2.55. The molecule has 1 saturated carbocycles. The molecule has 0 amide bonds. The van der Waals surface area contributed by atoms with Gasteiger partial charge in [0.1, 0.15) is 5.75 Å². The second-order valence-electron chi connectivity index (χ2n) is 7.17. The van der Waals surface area contributed by atoms with Gasteiger partial charge in [0.05, 0.1) is 13.2 Å². The van der Waals surface area contributed by atoms with Gasteiger partial charge in [-0.1, -0.05) is 28.1 Å². The topological polar surface area (TPSA) is 37.9 Å². The van der Waals surface area contributed by atoms with Gasteiger partial charge in [0.25, 0.3) is 0 Å². The summed E-state index contributed by atoms with van der Waals surface area (Å²) in [7, 11) is 1.70. The number of hydrogen-bond donors (Lipinski definition) is 0. The zero-order valence-corrected chi connectivity index (χ0v) is 16.6. The molecule has 0 N–H and O–H groups in total. The lowest BCUT2D eigenvalue weighted by Crippen LogP contribution is -2.09. The third-order valence-electron chi connectivity index (χ3n) is 5.59. The lowest BCUT2D eigenvalue weighted by Gasteiger charge is -2.14. The van der Waals surface area contributed by atoms with E-state index in [2.05, 4.69) is 69.9 Å². The Labute approximate surface area is 162 Å². The molecule has 132 valence electrons. The summed E-state index contributed by atoms with van der Waals surface area (Å²) in [6, 6.07) is 17.2. The van der Waals surface area contributed by atoms with Gasteiger partial charge in [0, 0.05) is 39.5 Å². The summed E-state index contributed by atoms with van der Waals surface area (Å²) in [6.45, 7) is 3.02. The Balaban J connectivity index is 1.89. The van der Waals surface area contributed by atoms with Crippen molar-refractivity contribution in [1.82, 2.24) is 4.57 Å². The van der Waals surface area contributed by atoms with Gasteiger partial charge in [-0.2, -0.15) is 5.26 Å². The molecule has 0 spiro atoms. The Bertz CT molecular complexity index is 1010. The van der Waals surface area contributed by atoms with E-state index in [4.69, 9.17) is 4.74 Å².